The standard InChI is InChI=1S/C13H26N2O3/c1-6-8-10(3)15(5)12(18)14-13(4,9-7-2)11(16)17/h10H,6-9H2,1-5H3,(H,14,18)(H,16,17). The van der Waals surface area contributed by atoms with Crippen LogP contribution in [0.2, 0.25) is 0 Å². The molecule has 0 radical (unpaired) electrons. The van der Waals surface area contributed by atoms with E-state index in [1.54, 1.807) is 18.9 Å². The lowest BCUT2D eigenvalue weighted by molar-refractivity contribution is -0.144. The number of nitrogens with one attached hydrogen (secondary N) is 1. The van der Waals surface area contributed by atoms with E-state index in [-0.39, 0.29) is 12.1 Å². The SMILES string of the molecule is CCCC(C)N(C)C(=O)NC(C)(CCC)C(=O)O. The summed E-state index contributed by atoms with van der Waals surface area (Å²) in [7, 11) is 1.70. The van der Waals surface area contributed by atoms with Gasteiger partial charge in [0.15, 0.2) is 0 Å². The van der Waals surface area contributed by atoms with Crippen molar-refractivity contribution < 1.29 is 14.7 Å². The first-order chi connectivity index (χ1) is 8.28. The quantitative estimate of drug-likeness (QED) is 0.737. The maximum Gasteiger partial charge on any atom is 0.329 e. The lowest BCUT2D eigenvalue weighted by Gasteiger charge is -2.31. The number of aliphatic carboxylic acids is 1. The normalized spacial score (nSPS) is 15.6. The Labute approximate surface area is 110 Å². The van der Waals surface area contributed by atoms with E-state index in [2.05, 4.69) is 12.2 Å². The number of carbonyl (C=O) groups excluding carboxylic acids is 1. The molecule has 0 aliphatic carbocycles. The van der Waals surface area contributed by atoms with Crippen LogP contribution in [0.1, 0.15) is 53.4 Å². The van der Waals surface area contributed by atoms with Gasteiger partial charge in [-0.05, 0) is 26.7 Å². The molecule has 0 spiro atoms. The first kappa shape index (κ1) is 16.7. The fourth-order valence-corrected chi connectivity index (χ4v) is 1.86. The van der Waals surface area contributed by atoms with Crippen molar-refractivity contribution in [1.82, 2.24) is 10.2 Å². The molecule has 0 rings (SSSR count). The largest absolute Gasteiger partial charge is 0.480 e. The van der Waals surface area contributed by atoms with E-state index in [0.29, 0.717) is 12.8 Å². The molecule has 2 atom stereocenters. The number of hydrogen-bond donors (Lipinski definition) is 2. The summed E-state index contributed by atoms with van der Waals surface area (Å²) in [5.41, 5.74) is -1.19. The molecule has 106 valence electrons. The van der Waals surface area contributed by atoms with E-state index in [4.69, 9.17) is 0 Å². The Kier molecular flexibility index (Phi) is 6.73. The zero-order chi connectivity index (χ0) is 14.3. The average molecular weight is 258 g/mol. The molecule has 0 aliphatic rings. The Hall–Kier alpha value is -1.26. The van der Waals surface area contributed by atoms with Gasteiger partial charge in [0, 0.05) is 13.1 Å². The van der Waals surface area contributed by atoms with Gasteiger partial charge in [-0.25, -0.2) is 9.59 Å². The second kappa shape index (κ2) is 7.24. The van der Waals surface area contributed by atoms with Crippen LogP contribution in [0.15, 0.2) is 0 Å². The highest BCUT2D eigenvalue weighted by Crippen LogP contribution is 2.14. The molecule has 5 nitrogen and oxygen atoms in total. The summed E-state index contributed by atoms with van der Waals surface area (Å²) >= 11 is 0. The molecule has 0 saturated heterocycles. The zero-order valence-corrected chi connectivity index (χ0v) is 12.1. The third-order valence-corrected chi connectivity index (χ3v) is 3.29. The van der Waals surface area contributed by atoms with Crippen LogP contribution in [0.5, 0.6) is 0 Å². The van der Waals surface area contributed by atoms with Crippen molar-refractivity contribution >= 4 is 12.0 Å². The second-order valence-corrected chi connectivity index (χ2v) is 5.07. The predicted octanol–water partition coefficient (Wildman–Crippen LogP) is 2.46. The molecule has 0 bridgehead atoms. The monoisotopic (exact) mass is 258 g/mol. The van der Waals surface area contributed by atoms with E-state index in [1.165, 1.54) is 0 Å². The van der Waals surface area contributed by atoms with Crippen LogP contribution in [0.3, 0.4) is 0 Å². The zero-order valence-electron chi connectivity index (χ0n) is 12.1. The van der Waals surface area contributed by atoms with E-state index in [9.17, 15) is 14.7 Å². The molecule has 2 N–H and O–H groups in total. The van der Waals surface area contributed by atoms with E-state index < -0.39 is 11.5 Å². The van der Waals surface area contributed by atoms with Gasteiger partial charge in [-0.3, -0.25) is 0 Å². The Morgan fingerprint density at radius 2 is 1.89 bits per heavy atom. The van der Waals surface area contributed by atoms with Gasteiger partial charge < -0.3 is 15.3 Å². The maximum absolute atomic E-state index is 12.0. The minimum Gasteiger partial charge on any atom is -0.480 e. The summed E-state index contributed by atoms with van der Waals surface area (Å²) < 4.78 is 0. The summed E-state index contributed by atoms with van der Waals surface area (Å²) in [4.78, 5) is 24.8. The van der Waals surface area contributed by atoms with Crippen LogP contribution in [-0.4, -0.2) is 40.6 Å². The fourth-order valence-electron chi connectivity index (χ4n) is 1.86. The summed E-state index contributed by atoms with van der Waals surface area (Å²) in [5.74, 6) is -0.991. The summed E-state index contributed by atoms with van der Waals surface area (Å²) in [6.07, 6.45) is 3.02. The summed E-state index contributed by atoms with van der Waals surface area (Å²) in [6, 6.07) is -0.219. The Bertz CT molecular complexity index is 294. The molecule has 0 aromatic heterocycles. The number of urea groups is 1. The summed E-state index contributed by atoms with van der Waals surface area (Å²) in [6.45, 7) is 7.47. The Balaban J connectivity index is 4.65. The number of hydrogen-bond acceptors (Lipinski definition) is 2. The van der Waals surface area contributed by atoms with Gasteiger partial charge >= 0.3 is 12.0 Å². The van der Waals surface area contributed by atoms with Gasteiger partial charge in [0.25, 0.3) is 0 Å². The van der Waals surface area contributed by atoms with Crippen LogP contribution in [0.25, 0.3) is 0 Å². The molecule has 2 unspecified atom stereocenters. The summed E-state index contributed by atoms with van der Waals surface area (Å²) in [5, 5.41) is 11.8. The van der Waals surface area contributed by atoms with Crippen molar-refractivity contribution in [3.8, 4) is 0 Å². The van der Waals surface area contributed by atoms with E-state index >= 15 is 0 Å². The Morgan fingerprint density at radius 3 is 2.28 bits per heavy atom. The first-order valence-electron chi connectivity index (χ1n) is 6.56. The van der Waals surface area contributed by atoms with Crippen LogP contribution in [0.4, 0.5) is 4.79 Å². The van der Waals surface area contributed by atoms with E-state index in [1.807, 2.05) is 13.8 Å². The van der Waals surface area contributed by atoms with Gasteiger partial charge in [-0.2, -0.15) is 0 Å². The molecule has 0 aliphatic heterocycles. The van der Waals surface area contributed by atoms with Crippen molar-refractivity contribution in [3.05, 3.63) is 0 Å². The number of carbonyl (C=O) groups is 2. The van der Waals surface area contributed by atoms with Crippen LogP contribution in [-0.2, 0) is 4.79 Å². The van der Waals surface area contributed by atoms with Crippen molar-refractivity contribution in [2.24, 2.45) is 0 Å². The van der Waals surface area contributed by atoms with Gasteiger partial charge in [0.1, 0.15) is 5.54 Å². The minimum atomic E-state index is -1.19. The third kappa shape index (κ3) is 4.55. The van der Waals surface area contributed by atoms with E-state index in [0.717, 1.165) is 12.8 Å². The molecule has 2 amide bonds. The molecular formula is C13H26N2O3. The first-order valence-corrected chi connectivity index (χ1v) is 6.56. The molecule has 0 fully saturated rings. The minimum absolute atomic E-state index is 0.106. The smallest absolute Gasteiger partial charge is 0.329 e. The molecule has 0 aromatic rings. The van der Waals surface area contributed by atoms with Crippen molar-refractivity contribution in [3.63, 3.8) is 0 Å². The molecule has 0 saturated carbocycles. The molecule has 18 heavy (non-hydrogen) atoms. The maximum atomic E-state index is 12.0. The van der Waals surface area contributed by atoms with Crippen LogP contribution >= 0.6 is 0 Å². The molecule has 0 heterocycles. The molecule has 0 aromatic carbocycles. The van der Waals surface area contributed by atoms with Gasteiger partial charge in [-0.1, -0.05) is 26.7 Å². The lowest BCUT2D eigenvalue weighted by atomic mass is 9.96. The number of carboxylic acids is 1. The highest BCUT2D eigenvalue weighted by Gasteiger charge is 2.35. The number of nitrogens with zero attached hydrogens (tertiary/aromatic N) is 1. The second-order valence-electron chi connectivity index (χ2n) is 5.07. The van der Waals surface area contributed by atoms with Crippen molar-refractivity contribution in [1.29, 1.82) is 0 Å². The lowest BCUT2D eigenvalue weighted by Crippen LogP contribution is -2.56. The number of amides is 2. The fraction of sp³-hybridized carbons (Fsp3) is 0.846. The van der Waals surface area contributed by atoms with Gasteiger partial charge in [0.2, 0.25) is 0 Å². The topological polar surface area (TPSA) is 69.6 Å². The molecule has 5 heteroatoms. The van der Waals surface area contributed by atoms with Crippen LogP contribution < -0.4 is 5.32 Å². The number of carboxylic acid groups (broad SMARTS) is 1. The van der Waals surface area contributed by atoms with Crippen molar-refractivity contribution in [2.45, 2.75) is 65.0 Å². The highest BCUT2D eigenvalue weighted by molar-refractivity contribution is 5.85. The number of rotatable bonds is 7. The average Bonchev–Trinajstić information content (AvgIpc) is 2.28. The molecular weight excluding hydrogens is 232 g/mol. The van der Waals surface area contributed by atoms with Crippen LogP contribution in [0, 0.1) is 0 Å². The van der Waals surface area contributed by atoms with Gasteiger partial charge in [-0.15, -0.1) is 0 Å². The predicted molar refractivity (Wildman–Crippen MR) is 71.6 cm³/mol. The highest BCUT2D eigenvalue weighted by atomic mass is 16.4. The van der Waals surface area contributed by atoms with Crippen molar-refractivity contribution in [2.75, 3.05) is 7.05 Å². The van der Waals surface area contributed by atoms with Gasteiger partial charge in [0.05, 0.1) is 0 Å². The Morgan fingerprint density at radius 1 is 1.33 bits per heavy atom. The third-order valence-electron chi connectivity index (χ3n) is 3.29.